The summed E-state index contributed by atoms with van der Waals surface area (Å²) in [6, 6.07) is 7.40. The van der Waals surface area contributed by atoms with Crippen LogP contribution in [-0.2, 0) is 11.3 Å². The van der Waals surface area contributed by atoms with Crippen molar-refractivity contribution in [1.82, 2.24) is 9.88 Å². The van der Waals surface area contributed by atoms with Gasteiger partial charge in [0.05, 0.1) is 17.6 Å². The van der Waals surface area contributed by atoms with Gasteiger partial charge in [0.2, 0.25) is 0 Å². The van der Waals surface area contributed by atoms with Gasteiger partial charge in [0.25, 0.3) is 0 Å². The minimum Gasteiger partial charge on any atom is -0.457 e. The summed E-state index contributed by atoms with van der Waals surface area (Å²) in [5, 5.41) is 0. The second kappa shape index (κ2) is 8.24. The molecule has 24 heavy (non-hydrogen) atoms. The molecule has 0 amide bonds. The Labute approximate surface area is 143 Å². The van der Waals surface area contributed by atoms with Gasteiger partial charge in [0, 0.05) is 26.0 Å². The maximum Gasteiger partial charge on any atom is 0.338 e. The van der Waals surface area contributed by atoms with Crippen molar-refractivity contribution in [2.75, 3.05) is 13.6 Å². The molecule has 0 fully saturated rings. The highest BCUT2D eigenvalue weighted by atomic mass is 16.5. The van der Waals surface area contributed by atoms with E-state index in [2.05, 4.69) is 16.9 Å². The van der Waals surface area contributed by atoms with Gasteiger partial charge in [-0.05, 0) is 61.7 Å². The summed E-state index contributed by atoms with van der Waals surface area (Å²) in [6.45, 7) is 7.02. The number of rotatable bonds is 6. The summed E-state index contributed by atoms with van der Waals surface area (Å²) in [5.74, 6) is -0.325. The molecule has 5 heteroatoms. The molecule has 2 aromatic rings. The number of pyridine rings is 1. The second-order valence-corrected chi connectivity index (χ2v) is 5.70. The lowest BCUT2D eigenvalue weighted by Gasteiger charge is -2.12. The van der Waals surface area contributed by atoms with Crippen LogP contribution in [0.1, 0.15) is 34.0 Å². The average Bonchev–Trinajstić information content (AvgIpc) is 2.60. The van der Waals surface area contributed by atoms with Crippen molar-refractivity contribution in [3.8, 4) is 0 Å². The van der Waals surface area contributed by atoms with Gasteiger partial charge in [-0.1, -0.05) is 0 Å². The summed E-state index contributed by atoms with van der Waals surface area (Å²) in [7, 11) is 1.97. The number of nitrogens with zero attached hydrogens (tertiary/aromatic N) is 3. The van der Waals surface area contributed by atoms with Crippen LogP contribution in [0, 0.1) is 13.8 Å². The third kappa shape index (κ3) is 4.65. The Morgan fingerprint density at radius 2 is 1.96 bits per heavy atom. The first kappa shape index (κ1) is 17.7. The van der Waals surface area contributed by atoms with E-state index in [1.807, 2.05) is 50.1 Å². The van der Waals surface area contributed by atoms with Gasteiger partial charge in [0.1, 0.15) is 6.61 Å². The number of aliphatic imine (C=N–C) groups is 1. The van der Waals surface area contributed by atoms with E-state index in [0.29, 0.717) is 5.56 Å². The molecule has 0 bridgehead atoms. The van der Waals surface area contributed by atoms with Crippen molar-refractivity contribution in [2.45, 2.75) is 27.4 Å². The summed E-state index contributed by atoms with van der Waals surface area (Å²) in [4.78, 5) is 22.7. The lowest BCUT2D eigenvalue weighted by atomic mass is 10.0. The molecule has 2 rings (SSSR count). The van der Waals surface area contributed by atoms with Crippen molar-refractivity contribution in [3.05, 3.63) is 58.9 Å². The number of hydrogen-bond donors (Lipinski definition) is 0. The van der Waals surface area contributed by atoms with E-state index < -0.39 is 0 Å². The first-order valence-electron chi connectivity index (χ1n) is 7.93. The third-order valence-electron chi connectivity index (χ3n) is 3.77. The fourth-order valence-electron chi connectivity index (χ4n) is 2.11. The number of esters is 1. The quantitative estimate of drug-likeness (QED) is 0.462. The summed E-state index contributed by atoms with van der Waals surface area (Å²) in [5.41, 5.74) is 4.14. The second-order valence-electron chi connectivity index (χ2n) is 5.70. The zero-order valence-corrected chi connectivity index (χ0v) is 14.6. The first-order chi connectivity index (χ1) is 11.5. The number of benzene rings is 1. The van der Waals surface area contributed by atoms with Crippen molar-refractivity contribution in [3.63, 3.8) is 0 Å². The van der Waals surface area contributed by atoms with Gasteiger partial charge < -0.3 is 9.64 Å². The minimum atomic E-state index is -0.325. The van der Waals surface area contributed by atoms with Crippen LogP contribution in [-0.4, -0.2) is 35.8 Å². The molecule has 1 heterocycles. The lowest BCUT2D eigenvalue weighted by Crippen LogP contribution is -2.14. The van der Waals surface area contributed by atoms with Crippen LogP contribution < -0.4 is 0 Å². The fourth-order valence-corrected chi connectivity index (χ4v) is 2.11. The molecule has 0 aliphatic heterocycles. The Morgan fingerprint density at radius 1 is 1.25 bits per heavy atom. The molecule has 0 atom stereocenters. The smallest absolute Gasteiger partial charge is 0.338 e. The molecule has 1 aromatic carbocycles. The van der Waals surface area contributed by atoms with Gasteiger partial charge >= 0.3 is 5.97 Å². The van der Waals surface area contributed by atoms with Crippen LogP contribution in [0.15, 0.2) is 41.7 Å². The SMILES string of the molecule is CCN(C)/C=N/c1cc(C)c(C(=O)OCc2ccncc2)cc1C. The highest BCUT2D eigenvalue weighted by molar-refractivity contribution is 5.92. The molecule has 0 unspecified atom stereocenters. The Bertz CT molecular complexity index is 727. The van der Waals surface area contributed by atoms with Crippen LogP contribution >= 0.6 is 0 Å². The highest BCUT2D eigenvalue weighted by Crippen LogP contribution is 2.24. The minimum absolute atomic E-state index is 0.237. The maximum atomic E-state index is 12.3. The van der Waals surface area contributed by atoms with Gasteiger partial charge in [-0.2, -0.15) is 0 Å². The molecule has 0 aliphatic carbocycles. The normalized spacial score (nSPS) is 10.8. The van der Waals surface area contributed by atoms with Gasteiger partial charge in [-0.25, -0.2) is 9.79 Å². The molecule has 0 aliphatic rings. The molecule has 0 spiro atoms. The molecular weight excluding hydrogens is 302 g/mol. The molecule has 0 radical (unpaired) electrons. The van der Waals surface area contributed by atoms with Crippen molar-refractivity contribution < 1.29 is 9.53 Å². The van der Waals surface area contributed by atoms with Crippen LogP contribution in [0.2, 0.25) is 0 Å². The Morgan fingerprint density at radius 3 is 2.62 bits per heavy atom. The molecule has 0 saturated heterocycles. The maximum absolute atomic E-state index is 12.3. The van der Waals surface area contributed by atoms with Crippen molar-refractivity contribution >= 4 is 18.0 Å². The van der Waals surface area contributed by atoms with Crippen LogP contribution in [0.4, 0.5) is 5.69 Å². The van der Waals surface area contributed by atoms with Crippen LogP contribution in [0.5, 0.6) is 0 Å². The van der Waals surface area contributed by atoms with E-state index in [1.165, 1.54) is 0 Å². The molecular formula is C19H23N3O2. The lowest BCUT2D eigenvalue weighted by molar-refractivity contribution is 0.0471. The Kier molecular flexibility index (Phi) is 6.07. The largest absolute Gasteiger partial charge is 0.457 e. The zero-order chi connectivity index (χ0) is 17.5. The monoisotopic (exact) mass is 325 g/mol. The van der Waals surface area contributed by atoms with E-state index >= 15 is 0 Å². The van der Waals surface area contributed by atoms with E-state index in [0.717, 1.165) is 28.9 Å². The zero-order valence-electron chi connectivity index (χ0n) is 14.6. The van der Waals surface area contributed by atoms with Crippen molar-refractivity contribution in [1.29, 1.82) is 0 Å². The van der Waals surface area contributed by atoms with Crippen LogP contribution in [0.25, 0.3) is 0 Å². The summed E-state index contributed by atoms with van der Waals surface area (Å²) >= 11 is 0. The van der Waals surface area contributed by atoms with E-state index in [9.17, 15) is 4.79 Å². The van der Waals surface area contributed by atoms with Gasteiger partial charge in [-0.15, -0.1) is 0 Å². The number of carbonyl (C=O) groups is 1. The van der Waals surface area contributed by atoms with E-state index in [4.69, 9.17) is 4.74 Å². The number of carbonyl (C=O) groups excluding carboxylic acids is 1. The molecule has 5 nitrogen and oxygen atoms in total. The highest BCUT2D eigenvalue weighted by Gasteiger charge is 2.13. The number of aromatic nitrogens is 1. The standard InChI is InChI=1S/C19H23N3O2/c1-5-22(4)13-21-18-11-14(2)17(10-15(18)3)19(23)24-12-16-6-8-20-9-7-16/h6-11,13H,5,12H2,1-4H3/b21-13+. The number of ether oxygens (including phenoxy) is 1. The predicted molar refractivity (Wildman–Crippen MR) is 95.7 cm³/mol. The Balaban J connectivity index is 2.11. The molecule has 0 saturated carbocycles. The first-order valence-corrected chi connectivity index (χ1v) is 7.93. The Hall–Kier alpha value is -2.69. The summed E-state index contributed by atoms with van der Waals surface area (Å²) < 4.78 is 5.39. The van der Waals surface area contributed by atoms with E-state index in [1.54, 1.807) is 18.7 Å². The van der Waals surface area contributed by atoms with E-state index in [-0.39, 0.29) is 12.6 Å². The predicted octanol–water partition coefficient (Wildman–Crippen LogP) is 3.67. The fraction of sp³-hybridized carbons (Fsp3) is 0.316. The molecule has 1 aromatic heterocycles. The number of hydrogen-bond acceptors (Lipinski definition) is 4. The van der Waals surface area contributed by atoms with Crippen LogP contribution in [0.3, 0.4) is 0 Å². The molecule has 126 valence electrons. The van der Waals surface area contributed by atoms with Gasteiger partial charge in [-0.3, -0.25) is 4.98 Å². The third-order valence-corrected chi connectivity index (χ3v) is 3.77. The average molecular weight is 325 g/mol. The van der Waals surface area contributed by atoms with Crippen molar-refractivity contribution in [2.24, 2.45) is 4.99 Å². The molecule has 0 N–H and O–H groups in total. The number of aryl methyl sites for hydroxylation is 2. The summed E-state index contributed by atoms with van der Waals surface area (Å²) in [6.07, 6.45) is 5.15. The topological polar surface area (TPSA) is 54.8 Å². The van der Waals surface area contributed by atoms with Gasteiger partial charge in [0.15, 0.2) is 0 Å².